The Bertz CT molecular complexity index is 998. The van der Waals surface area contributed by atoms with Crippen LogP contribution in [0.1, 0.15) is 11.1 Å². The standard InChI is InChI=1S/C20H20N3O4P/c1-23-20(16-5-3-2-4-6-16)17(13-21-23)9-12-19(24)22-18-10-7-15(8-11-18)14-27-28(25)26/h2-13,28H,14H2,1H3,(H,22,24)(H,25,26)/b12-9+. The fourth-order valence-electron chi connectivity index (χ4n) is 2.70. The summed E-state index contributed by atoms with van der Waals surface area (Å²) in [5.74, 6) is -0.271. The first-order valence-electron chi connectivity index (χ1n) is 8.54. The molecule has 0 aliphatic rings. The minimum Gasteiger partial charge on any atom is -0.326 e. The summed E-state index contributed by atoms with van der Waals surface area (Å²) in [6.07, 6.45) is 4.90. The number of anilines is 1. The lowest BCUT2D eigenvalue weighted by Gasteiger charge is -2.05. The van der Waals surface area contributed by atoms with Gasteiger partial charge in [0.25, 0.3) is 0 Å². The predicted molar refractivity (Wildman–Crippen MR) is 109 cm³/mol. The van der Waals surface area contributed by atoms with Crippen molar-refractivity contribution >= 4 is 25.9 Å². The number of hydrogen-bond donors (Lipinski definition) is 2. The van der Waals surface area contributed by atoms with Crippen LogP contribution in [-0.4, -0.2) is 20.6 Å². The third kappa shape index (κ3) is 5.27. The van der Waals surface area contributed by atoms with Gasteiger partial charge in [-0.1, -0.05) is 42.5 Å². The number of aryl methyl sites for hydroxylation is 1. The van der Waals surface area contributed by atoms with Gasteiger partial charge in [-0.2, -0.15) is 5.10 Å². The van der Waals surface area contributed by atoms with Gasteiger partial charge in [-0.3, -0.25) is 14.0 Å². The number of carbonyl (C=O) groups is 1. The Morgan fingerprint density at radius 1 is 1.21 bits per heavy atom. The molecule has 144 valence electrons. The SMILES string of the molecule is Cn1ncc(/C=C/C(=O)Nc2ccc(CO[PH](=O)O)cc2)c1-c1ccccc1. The van der Waals surface area contributed by atoms with Gasteiger partial charge >= 0.3 is 8.25 Å². The summed E-state index contributed by atoms with van der Waals surface area (Å²) in [6.45, 7) is 0.0473. The minimum absolute atomic E-state index is 0.0473. The molecule has 2 aromatic carbocycles. The highest BCUT2D eigenvalue weighted by Crippen LogP contribution is 2.24. The van der Waals surface area contributed by atoms with Gasteiger partial charge in [0.1, 0.15) is 0 Å². The average Bonchev–Trinajstić information content (AvgIpc) is 3.07. The first-order valence-corrected chi connectivity index (χ1v) is 9.80. The molecule has 0 aliphatic heterocycles. The number of amides is 1. The van der Waals surface area contributed by atoms with E-state index in [1.165, 1.54) is 6.08 Å². The zero-order valence-electron chi connectivity index (χ0n) is 15.2. The van der Waals surface area contributed by atoms with Crippen molar-refractivity contribution in [3.05, 3.63) is 78.0 Å². The highest BCUT2D eigenvalue weighted by molar-refractivity contribution is 7.32. The summed E-state index contributed by atoms with van der Waals surface area (Å²) in [6, 6.07) is 16.7. The smallest absolute Gasteiger partial charge is 0.316 e. The third-order valence-electron chi connectivity index (χ3n) is 4.01. The van der Waals surface area contributed by atoms with Crippen LogP contribution in [0.25, 0.3) is 17.3 Å². The van der Waals surface area contributed by atoms with Crippen molar-refractivity contribution in [3.63, 3.8) is 0 Å². The van der Waals surface area contributed by atoms with Crippen molar-refractivity contribution in [1.82, 2.24) is 9.78 Å². The Balaban J connectivity index is 1.66. The second-order valence-electron chi connectivity index (χ2n) is 6.01. The molecule has 1 unspecified atom stereocenters. The molecule has 3 aromatic rings. The molecule has 3 rings (SSSR count). The van der Waals surface area contributed by atoms with Crippen LogP contribution in [0.15, 0.2) is 66.9 Å². The van der Waals surface area contributed by atoms with E-state index in [2.05, 4.69) is 14.9 Å². The van der Waals surface area contributed by atoms with E-state index in [1.54, 1.807) is 41.2 Å². The quantitative estimate of drug-likeness (QED) is 0.469. The van der Waals surface area contributed by atoms with Gasteiger partial charge in [-0.05, 0) is 23.8 Å². The molecule has 1 heterocycles. The number of carbonyl (C=O) groups excluding carboxylic acids is 1. The molecule has 7 nitrogen and oxygen atoms in total. The maximum atomic E-state index is 12.2. The molecule has 0 fully saturated rings. The fourth-order valence-corrected chi connectivity index (χ4v) is 2.99. The van der Waals surface area contributed by atoms with Crippen LogP contribution in [0.3, 0.4) is 0 Å². The summed E-state index contributed by atoms with van der Waals surface area (Å²) >= 11 is 0. The summed E-state index contributed by atoms with van der Waals surface area (Å²) in [7, 11) is -1.09. The Morgan fingerprint density at radius 2 is 1.93 bits per heavy atom. The number of nitrogens with one attached hydrogen (secondary N) is 1. The molecule has 0 aliphatic carbocycles. The van der Waals surface area contributed by atoms with E-state index in [1.807, 2.05) is 37.4 Å². The largest absolute Gasteiger partial charge is 0.326 e. The van der Waals surface area contributed by atoms with Crippen LogP contribution < -0.4 is 5.32 Å². The van der Waals surface area contributed by atoms with Gasteiger partial charge in [0.2, 0.25) is 5.91 Å². The van der Waals surface area contributed by atoms with E-state index in [0.717, 1.165) is 22.4 Å². The van der Waals surface area contributed by atoms with Crippen LogP contribution in [0.2, 0.25) is 0 Å². The fraction of sp³-hybridized carbons (Fsp3) is 0.100. The van der Waals surface area contributed by atoms with Gasteiger partial charge in [-0.25, -0.2) is 0 Å². The van der Waals surface area contributed by atoms with Crippen molar-refractivity contribution in [3.8, 4) is 11.3 Å². The van der Waals surface area contributed by atoms with E-state index in [-0.39, 0.29) is 12.5 Å². The van der Waals surface area contributed by atoms with Crippen LogP contribution in [0.4, 0.5) is 5.69 Å². The summed E-state index contributed by atoms with van der Waals surface area (Å²) < 4.78 is 17.0. The first-order chi connectivity index (χ1) is 13.5. The van der Waals surface area contributed by atoms with E-state index < -0.39 is 8.25 Å². The molecule has 0 saturated heterocycles. The van der Waals surface area contributed by atoms with Gasteiger partial charge in [0.05, 0.1) is 18.5 Å². The molecule has 0 radical (unpaired) electrons. The Morgan fingerprint density at radius 3 is 2.61 bits per heavy atom. The number of aromatic nitrogens is 2. The Labute approximate surface area is 163 Å². The lowest BCUT2D eigenvalue weighted by atomic mass is 10.1. The number of rotatable bonds is 7. The van der Waals surface area contributed by atoms with Gasteiger partial charge in [-0.15, -0.1) is 0 Å². The molecule has 0 saturated carbocycles. The third-order valence-corrected chi connectivity index (χ3v) is 4.40. The molecule has 8 heteroatoms. The summed E-state index contributed by atoms with van der Waals surface area (Å²) in [5.41, 5.74) is 4.15. The van der Waals surface area contributed by atoms with Crippen molar-refractivity contribution in [2.24, 2.45) is 7.05 Å². The zero-order chi connectivity index (χ0) is 19.9. The Kier molecular flexibility index (Phi) is 6.55. The zero-order valence-corrected chi connectivity index (χ0v) is 16.2. The molecule has 1 aromatic heterocycles. The second kappa shape index (κ2) is 9.28. The van der Waals surface area contributed by atoms with Gasteiger partial charge in [0.15, 0.2) is 0 Å². The van der Waals surface area contributed by atoms with Gasteiger partial charge in [0, 0.05) is 29.9 Å². The lowest BCUT2D eigenvalue weighted by molar-refractivity contribution is -0.111. The molecule has 0 bridgehead atoms. The van der Waals surface area contributed by atoms with Crippen LogP contribution in [-0.2, 0) is 27.5 Å². The van der Waals surface area contributed by atoms with Crippen LogP contribution in [0, 0.1) is 0 Å². The number of hydrogen-bond acceptors (Lipinski definition) is 4. The molecule has 28 heavy (non-hydrogen) atoms. The van der Waals surface area contributed by atoms with Crippen molar-refractivity contribution in [1.29, 1.82) is 0 Å². The molecular weight excluding hydrogens is 377 g/mol. The van der Waals surface area contributed by atoms with Crippen molar-refractivity contribution < 1.29 is 18.8 Å². The summed E-state index contributed by atoms with van der Waals surface area (Å²) in [5, 5.41) is 7.05. The highest BCUT2D eigenvalue weighted by atomic mass is 31.1. The normalized spacial score (nSPS) is 12.2. The monoisotopic (exact) mass is 397 g/mol. The molecule has 1 amide bonds. The topological polar surface area (TPSA) is 93.5 Å². The molecular formula is C20H20N3O4P. The second-order valence-corrected chi connectivity index (χ2v) is 6.83. The number of benzene rings is 2. The molecule has 1 atom stereocenters. The Hall–Kier alpha value is -2.99. The maximum absolute atomic E-state index is 12.2. The predicted octanol–water partition coefficient (Wildman–Crippen LogP) is 3.64. The van der Waals surface area contributed by atoms with E-state index in [9.17, 15) is 9.36 Å². The highest BCUT2D eigenvalue weighted by Gasteiger charge is 2.09. The lowest BCUT2D eigenvalue weighted by Crippen LogP contribution is -2.07. The van der Waals surface area contributed by atoms with E-state index in [4.69, 9.17) is 4.89 Å². The van der Waals surface area contributed by atoms with E-state index >= 15 is 0 Å². The minimum atomic E-state index is -2.95. The van der Waals surface area contributed by atoms with Crippen LogP contribution in [0.5, 0.6) is 0 Å². The van der Waals surface area contributed by atoms with E-state index in [0.29, 0.717) is 5.69 Å². The molecule has 0 spiro atoms. The van der Waals surface area contributed by atoms with Crippen molar-refractivity contribution in [2.45, 2.75) is 6.61 Å². The maximum Gasteiger partial charge on any atom is 0.316 e. The first kappa shape index (κ1) is 19.8. The average molecular weight is 397 g/mol. The summed E-state index contributed by atoms with van der Waals surface area (Å²) in [4.78, 5) is 20.9. The molecule has 2 N–H and O–H groups in total. The number of nitrogens with zero attached hydrogens (tertiary/aromatic N) is 2. The van der Waals surface area contributed by atoms with Crippen LogP contribution >= 0.6 is 8.25 Å². The van der Waals surface area contributed by atoms with Crippen molar-refractivity contribution in [2.75, 3.05) is 5.32 Å². The van der Waals surface area contributed by atoms with Gasteiger partial charge < -0.3 is 14.7 Å².